The Morgan fingerprint density at radius 3 is 2.67 bits per heavy atom. The molecule has 2 aromatic rings. The monoisotopic (exact) mass is 283 g/mol. The van der Waals surface area contributed by atoms with Crippen LogP contribution in [0.25, 0.3) is 6.08 Å². The van der Waals surface area contributed by atoms with Crippen LogP contribution in [0.3, 0.4) is 0 Å². The summed E-state index contributed by atoms with van der Waals surface area (Å²) in [5.41, 5.74) is 3.74. The Bertz CT molecular complexity index is 652. The molecule has 2 aromatic carbocycles. The van der Waals surface area contributed by atoms with E-state index < -0.39 is 0 Å². The highest BCUT2D eigenvalue weighted by molar-refractivity contribution is 5.64. The molecule has 4 nitrogen and oxygen atoms in total. The lowest BCUT2D eigenvalue weighted by molar-refractivity contribution is 0.143. The van der Waals surface area contributed by atoms with Crippen LogP contribution in [-0.2, 0) is 0 Å². The van der Waals surface area contributed by atoms with E-state index in [0.717, 1.165) is 29.2 Å². The Morgan fingerprint density at radius 2 is 1.95 bits per heavy atom. The molecule has 0 spiro atoms. The van der Waals surface area contributed by atoms with Crippen molar-refractivity contribution in [3.05, 3.63) is 59.8 Å². The minimum Gasteiger partial charge on any atom is -0.484 e. The van der Waals surface area contributed by atoms with Crippen LogP contribution in [-0.4, -0.2) is 11.3 Å². The normalized spacial score (nSPS) is 16.5. The van der Waals surface area contributed by atoms with Gasteiger partial charge in [0.15, 0.2) is 0 Å². The van der Waals surface area contributed by atoms with E-state index in [9.17, 15) is 5.21 Å². The van der Waals surface area contributed by atoms with Gasteiger partial charge in [0.25, 0.3) is 0 Å². The maximum atomic E-state index is 9.19. The molecule has 0 aliphatic carbocycles. The fraction of sp³-hybridized carbons (Fsp3) is 0.176. The Labute approximate surface area is 123 Å². The van der Waals surface area contributed by atoms with E-state index in [0.29, 0.717) is 5.70 Å². The molecule has 3 rings (SSSR count). The summed E-state index contributed by atoms with van der Waals surface area (Å²) in [6, 6.07) is 15.3. The summed E-state index contributed by atoms with van der Waals surface area (Å²) in [4.78, 5) is 0. The molecular weight excluding hydrogens is 266 g/mol. The molecule has 0 aromatic heterocycles. The van der Waals surface area contributed by atoms with Gasteiger partial charge in [0.2, 0.25) is 0 Å². The second kappa shape index (κ2) is 5.89. The van der Waals surface area contributed by atoms with Crippen molar-refractivity contribution < 1.29 is 14.7 Å². The summed E-state index contributed by atoms with van der Waals surface area (Å²) in [5, 5.41) is 9.19. The topological polar surface area (TPSA) is 50.7 Å². The van der Waals surface area contributed by atoms with Crippen molar-refractivity contribution in [3.8, 4) is 17.2 Å². The third-order valence-corrected chi connectivity index (χ3v) is 3.39. The molecule has 0 fully saturated rings. The molecular formula is C17H17NO3. The molecule has 0 saturated heterocycles. The zero-order valence-electron chi connectivity index (χ0n) is 11.7. The molecule has 108 valence electrons. The van der Waals surface area contributed by atoms with Crippen LogP contribution in [0.5, 0.6) is 17.2 Å². The average Bonchev–Trinajstić information content (AvgIpc) is 2.54. The molecule has 0 saturated carbocycles. The van der Waals surface area contributed by atoms with Gasteiger partial charge in [-0.2, -0.15) is 0 Å². The molecule has 0 amide bonds. The largest absolute Gasteiger partial charge is 0.484 e. The Kier molecular flexibility index (Phi) is 3.79. The second-order valence-electron chi connectivity index (χ2n) is 4.84. The number of benzene rings is 2. The average molecular weight is 283 g/mol. The maximum Gasteiger partial charge on any atom is 0.140 e. The summed E-state index contributed by atoms with van der Waals surface area (Å²) in [6.07, 6.45) is 2.51. The minimum atomic E-state index is -0.150. The van der Waals surface area contributed by atoms with Crippen molar-refractivity contribution in [2.45, 2.75) is 19.4 Å². The summed E-state index contributed by atoms with van der Waals surface area (Å²) in [7, 11) is 0. The summed E-state index contributed by atoms with van der Waals surface area (Å²) in [5.74, 6) is 2.30. The lowest BCUT2D eigenvalue weighted by Gasteiger charge is -2.25. The number of ether oxygens (including phenoxy) is 2. The van der Waals surface area contributed by atoms with Crippen molar-refractivity contribution in [1.82, 2.24) is 5.48 Å². The quantitative estimate of drug-likeness (QED) is 0.834. The van der Waals surface area contributed by atoms with Crippen molar-refractivity contribution in [2.75, 3.05) is 0 Å². The van der Waals surface area contributed by atoms with E-state index >= 15 is 0 Å². The molecule has 1 aliphatic heterocycles. The number of hydroxylamine groups is 1. The summed E-state index contributed by atoms with van der Waals surface area (Å²) in [6.45, 7) is 2.01. The first-order valence-electron chi connectivity index (χ1n) is 6.95. The minimum absolute atomic E-state index is 0.150. The van der Waals surface area contributed by atoms with E-state index in [2.05, 4.69) is 5.48 Å². The standard InChI is InChI=1S/C17H17NO3/c1-2-16-15(18-19)11-12-10-14(8-9-17(12)21-16)20-13-6-4-3-5-7-13/h3-11,16,18-19H,2H2,1H3. The fourth-order valence-electron chi connectivity index (χ4n) is 2.32. The van der Waals surface area contributed by atoms with Gasteiger partial charge < -0.3 is 9.47 Å². The van der Waals surface area contributed by atoms with Crippen LogP contribution < -0.4 is 15.0 Å². The van der Waals surface area contributed by atoms with Crippen LogP contribution in [0.4, 0.5) is 0 Å². The van der Waals surface area contributed by atoms with Crippen molar-refractivity contribution in [3.63, 3.8) is 0 Å². The molecule has 21 heavy (non-hydrogen) atoms. The van der Waals surface area contributed by atoms with Crippen LogP contribution in [0.2, 0.25) is 0 Å². The van der Waals surface area contributed by atoms with Gasteiger partial charge in [-0.25, -0.2) is 0 Å². The van der Waals surface area contributed by atoms with Crippen molar-refractivity contribution in [2.24, 2.45) is 0 Å². The van der Waals surface area contributed by atoms with Crippen LogP contribution in [0, 0.1) is 0 Å². The van der Waals surface area contributed by atoms with Gasteiger partial charge in [0.1, 0.15) is 23.4 Å². The second-order valence-corrected chi connectivity index (χ2v) is 4.84. The molecule has 4 heteroatoms. The van der Waals surface area contributed by atoms with Gasteiger partial charge in [0, 0.05) is 5.56 Å². The summed E-state index contributed by atoms with van der Waals surface area (Å²) >= 11 is 0. The third kappa shape index (κ3) is 2.85. The fourth-order valence-corrected chi connectivity index (χ4v) is 2.32. The first kappa shape index (κ1) is 13.5. The zero-order valence-corrected chi connectivity index (χ0v) is 11.7. The number of para-hydroxylation sites is 1. The number of hydrogen-bond acceptors (Lipinski definition) is 4. The molecule has 1 aliphatic rings. The predicted molar refractivity (Wildman–Crippen MR) is 80.6 cm³/mol. The number of rotatable bonds is 4. The number of nitrogens with one attached hydrogen (secondary N) is 1. The SMILES string of the molecule is CCC1Oc2ccc(Oc3ccccc3)cc2C=C1NO. The highest BCUT2D eigenvalue weighted by Crippen LogP contribution is 2.34. The Hall–Kier alpha value is -2.46. The number of fused-ring (bicyclic) bond motifs is 1. The maximum absolute atomic E-state index is 9.19. The van der Waals surface area contributed by atoms with Gasteiger partial charge in [-0.05, 0) is 42.8 Å². The lowest BCUT2D eigenvalue weighted by Crippen LogP contribution is -2.29. The van der Waals surface area contributed by atoms with Crippen molar-refractivity contribution in [1.29, 1.82) is 0 Å². The Balaban J connectivity index is 1.88. The molecule has 1 heterocycles. The van der Waals surface area contributed by atoms with Gasteiger partial charge in [-0.15, -0.1) is 0 Å². The number of hydrogen-bond donors (Lipinski definition) is 2. The van der Waals surface area contributed by atoms with Crippen LogP contribution >= 0.6 is 0 Å². The zero-order chi connectivity index (χ0) is 14.7. The molecule has 0 radical (unpaired) electrons. The smallest absolute Gasteiger partial charge is 0.140 e. The lowest BCUT2D eigenvalue weighted by atomic mass is 10.1. The molecule has 0 bridgehead atoms. The Morgan fingerprint density at radius 1 is 1.14 bits per heavy atom. The van der Waals surface area contributed by atoms with E-state index in [1.807, 2.05) is 61.5 Å². The van der Waals surface area contributed by atoms with Crippen LogP contribution in [0.1, 0.15) is 18.9 Å². The van der Waals surface area contributed by atoms with Gasteiger partial charge in [0.05, 0.1) is 5.70 Å². The molecule has 1 atom stereocenters. The highest BCUT2D eigenvalue weighted by atomic mass is 16.5. The van der Waals surface area contributed by atoms with Gasteiger partial charge in [-0.1, -0.05) is 25.1 Å². The van der Waals surface area contributed by atoms with Gasteiger partial charge in [-0.3, -0.25) is 10.7 Å². The molecule has 2 N–H and O–H groups in total. The first-order valence-corrected chi connectivity index (χ1v) is 6.95. The predicted octanol–water partition coefficient (Wildman–Crippen LogP) is 3.97. The third-order valence-electron chi connectivity index (χ3n) is 3.39. The van der Waals surface area contributed by atoms with E-state index in [-0.39, 0.29) is 6.10 Å². The molecule has 1 unspecified atom stereocenters. The van der Waals surface area contributed by atoms with Gasteiger partial charge >= 0.3 is 0 Å². The van der Waals surface area contributed by atoms with Crippen LogP contribution in [0.15, 0.2) is 54.2 Å². The highest BCUT2D eigenvalue weighted by Gasteiger charge is 2.21. The van der Waals surface area contributed by atoms with Crippen molar-refractivity contribution >= 4 is 6.08 Å². The van der Waals surface area contributed by atoms with E-state index in [1.54, 1.807) is 0 Å². The summed E-state index contributed by atoms with van der Waals surface area (Å²) < 4.78 is 11.6. The van der Waals surface area contributed by atoms with E-state index in [1.165, 1.54) is 0 Å². The first-order chi connectivity index (χ1) is 10.3. The van der Waals surface area contributed by atoms with E-state index in [4.69, 9.17) is 9.47 Å².